The maximum atomic E-state index is 13.9. The summed E-state index contributed by atoms with van der Waals surface area (Å²) < 4.78 is 26.7. The molecule has 0 aromatic heterocycles. The quantitative estimate of drug-likeness (QED) is 0.429. The average molecular weight is 578 g/mol. The van der Waals surface area contributed by atoms with E-state index in [9.17, 15) is 28.3 Å². The van der Waals surface area contributed by atoms with Gasteiger partial charge in [0.2, 0.25) is 11.8 Å². The highest BCUT2D eigenvalue weighted by Gasteiger charge is 2.50. The fourth-order valence-corrected chi connectivity index (χ4v) is 5.55. The van der Waals surface area contributed by atoms with Gasteiger partial charge in [-0.1, -0.05) is 36.4 Å². The number of fused-ring (bicyclic) bond motifs is 1. The molecule has 0 unspecified atom stereocenters. The highest BCUT2D eigenvalue weighted by molar-refractivity contribution is 5.91. The number of benzene rings is 3. The van der Waals surface area contributed by atoms with Gasteiger partial charge in [0.15, 0.2) is 0 Å². The lowest BCUT2D eigenvalue weighted by molar-refractivity contribution is -0.186. The summed E-state index contributed by atoms with van der Waals surface area (Å²) in [4.78, 5) is 44.0. The van der Waals surface area contributed by atoms with Crippen molar-refractivity contribution in [2.24, 2.45) is 0 Å². The zero-order valence-corrected chi connectivity index (χ0v) is 23.2. The first kappa shape index (κ1) is 29.0. The minimum atomic E-state index is -0.854. The number of piperazine rings is 1. The van der Waals surface area contributed by atoms with Gasteiger partial charge in [-0.3, -0.25) is 9.59 Å². The van der Waals surface area contributed by atoms with Gasteiger partial charge in [-0.2, -0.15) is 0 Å². The number of phenolic OH excluding ortho intramolecular Hbond substituents is 1. The van der Waals surface area contributed by atoms with E-state index in [2.05, 4.69) is 5.32 Å². The second kappa shape index (κ2) is 12.6. The monoisotopic (exact) mass is 577 g/mol. The number of carbonyl (C=O) groups is 3. The number of aryl methyl sites for hydroxylation is 1. The lowest BCUT2D eigenvalue weighted by Crippen LogP contribution is -2.76. The number of nitrogens with one attached hydrogen (secondary N) is 1. The Labute approximate surface area is 242 Å². The summed E-state index contributed by atoms with van der Waals surface area (Å²) in [5.41, 5.74) is 2.42. The summed E-state index contributed by atoms with van der Waals surface area (Å²) in [5, 5.41) is 15.6. The van der Waals surface area contributed by atoms with Gasteiger partial charge in [0.25, 0.3) is 0 Å². The van der Waals surface area contributed by atoms with E-state index in [0.717, 1.165) is 11.1 Å². The number of likely N-dealkylation sites (N-methyl/N-ethyl adjacent to an activating group) is 1. The lowest BCUT2D eigenvalue weighted by atomic mass is 9.98. The van der Waals surface area contributed by atoms with Gasteiger partial charge >= 0.3 is 6.03 Å². The van der Waals surface area contributed by atoms with E-state index < -0.39 is 18.2 Å². The molecule has 2 N–H and O–H groups in total. The Kier molecular flexibility index (Phi) is 8.67. The Hall–Kier alpha value is -4.51. The molecule has 0 aliphatic carbocycles. The molecule has 2 saturated heterocycles. The molecule has 2 atom stereocenters. The molecule has 11 heteroatoms. The van der Waals surface area contributed by atoms with Crippen LogP contribution in [0.4, 0.5) is 13.6 Å². The molecular weight excluding hydrogens is 544 g/mol. The van der Waals surface area contributed by atoms with E-state index in [1.165, 1.54) is 46.3 Å². The molecular formula is C31H33F2N5O4. The Morgan fingerprint density at radius 2 is 1.50 bits per heavy atom. The lowest BCUT2D eigenvalue weighted by Gasteiger charge is -2.54. The molecule has 2 aliphatic rings. The van der Waals surface area contributed by atoms with E-state index >= 15 is 0 Å². The van der Waals surface area contributed by atoms with Crippen LogP contribution in [0.15, 0.2) is 72.8 Å². The van der Waals surface area contributed by atoms with Crippen LogP contribution in [-0.4, -0.2) is 81.7 Å². The number of amides is 4. The predicted molar refractivity (Wildman–Crippen MR) is 151 cm³/mol. The molecule has 0 spiro atoms. The van der Waals surface area contributed by atoms with Crippen LogP contribution in [0.3, 0.4) is 0 Å². The Balaban J connectivity index is 1.38. The SMILES string of the molecule is CN1CC(=O)N2[C@@H](Cc3ccc(O)cc3)C(=O)N(CCCc3ccc(F)cc3)C[C@@H]2N1C(=O)NCc1ccc(F)cc1. The minimum Gasteiger partial charge on any atom is -0.508 e. The van der Waals surface area contributed by atoms with Crippen molar-refractivity contribution in [3.05, 3.63) is 101 Å². The van der Waals surface area contributed by atoms with Crippen LogP contribution < -0.4 is 5.32 Å². The predicted octanol–water partition coefficient (Wildman–Crippen LogP) is 3.28. The molecule has 5 rings (SSSR count). The first-order valence-corrected chi connectivity index (χ1v) is 13.8. The van der Waals surface area contributed by atoms with Crippen molar-refractivity contribution in [3.8, 4) is 5.75 Å². The molecule has 220 valence electrons. The number of nitrogens with zero attached hydrogens (tertiary/aromatic N) is 4. The van der Waals surface area contributed by atoms with Crippen molar-refractivity contribution in [1.82, 2.24) is 25.1 Å². The van der Waals surface area contributed by atoms with Crippen LogP contribution in [0.25, 0.3) is 0 Å². The topological polar surface area (TPSA) is 96.4 Å². The second-order valence-corrected chi connectivity index (χ2v) is 10.6. The van der Waals surface area contributed by atoms with E-state index in [4.69, 9.17) is 0 Å². The maximum Gasteiger partial charge on any atom is 0.334 e. The van der Waals surface area contributed by atoms with Crippen molar-refractivity contribution in [2.75, 3.05) is 26.7 Å². The van der Waals surface area contributed by atoms with Crippen LogP contribution >= 0.6 is 0 Å². The van der Waals surface area contributed by atoms with Crippen molar-refractivity contribution in [3.63, 3.8) is 0 Å². The van der Waals surface area contributed by atoms with Crippen LogP contribution in [0, 0.1) is 11.6 Å². The smallest absolute Gasteiger partial charge is 0.334 e. The molecule has 3 aromatic rings. The average Bonchev–Trinajstić information content (AvgIpc) is 2.96. The van der Waals surface area contributed by atoms with Gasteiger partial charge in [-0.05, 0) is 65.9 Å². The zero-order valence-electron chi connectivity index (χ0n) is 23.2. The van der Waals surface area contributed by atoms with Gasteiger partial charge in [0.05, 0.1) is 13.1 Å². The number of hydrazine groups is 1. The molecule has 0 saturated carbocycles. The third-order valence-electron chi connectivity index (χ3n) is 7.68. The molecule has 2 fully saturated rings. The minimum absolute atomic E-state index is 0.0914. The normalized spacial score (nSPS) is 19.2. The number of phenols is 1. The summed E-state index contributed by atoms with van der Waals surface area (Å²) in [6.07, 6.45) is 0.693. The number of carbonyl (C=O) groups excluding carboxylic acids is 3. The van der Waals surface area contributed by atoms with Crippen molar-refractivity contribution < 1.29 is 28.3 Å². The van der Waals surface area contributed by atoms with Gasteiger partial charge in [-0.15, -0.1) is 0 Å². The first-order valence-electron chi connectivity index (χ1n) is 13.8. The van der Waals surface area contributed by atoms with Crippen LogP contribution in [0.5, 0.6) is 5.75 Å². The standard InChI is InChI=1S/C31H33F2N5O4/c1-35-20-29(40)37-27(17-22-8-14-26(39)15-9-22)30(41)36(16-2-3-21-4-10-24(32)11-5-21)19-28(37)38(35)31(42)34-18-23-6-12-25(33)13-7-23/h4-15,27-28,39H,2-3,16-20H2,1H3,(H,34,42)/t27-,28-/m0/s1. The summed E-state index contributed by atoms with van der Waals surface area (Å²) in [6, 6.07) is 17.2. The van der Waals surface area contributed by atoms with E-state index in [1.807, 2.05) is 0 Å². The zero-order chi connectivity index (χ0) is 29.8. The largest absolute Gasteiger partial charge is 0.508 e. The van der Waals surface area contributed by atoms with E-state index in [0.29, 0.717) is 24.9 Å². The molecule has 4 amide bonds. The Bertz CT molecular complexity index is 1420. The molecule has 42 heavy (non-hydrogen) atoms. The summed E-state index contributed by atoms with van der Waals surface area (Å²) in [7, 11) is 1.65. The Morgan fingerprint density at radius 3 is 2.14 bits per heavy atom. The third-order valence-corrected chi connectivity index (χ3v) is 7.68. The number of urea groups is 1. The van der Waals surface area contributed by atoms with Crippen molar-refractivity contribution >= 4 is 17.8 Å². The summed E-state index contributed by atoms with van der Waals surface area (Å²) in [6.45, 7) is 0.565. The van der Waals surface area contributed by atoms with Gasteiger partial charge in [0, 0.05) is 26.6 Å². The number of hydrogen-bond acceptors (Lipinski definition) is 5. The van der Waals surface area contributed by atoms with Crippen LogP contribution in [0.2, 0.25) is 0 Å². The summed E-state index contributed by atoms with van der Waals surface area (Å²) >= 11 is 0. The third kappa shape index (κ3) is 6.52. The van der Waals surface area contributed by atoms with Crippen LogP contribution in [-0.2, 0) is 29.0 Å². The highest BCUT2D eigenvalue weighted by Crippen LogP contribution is 2.28. The van der Waals surface area contributed by atoms with Gasteiger partial charge in [0.1, 0.15) is 29.6 Å². The highest BCUT2D eigenvalue weighted by atomic mass is 19.1. The van der Waals surface area contributed by atoms with E-state index in [1.54, 1.807) is 53.4 Å². The molecule has 0 radical (unpaired) electrons. The first-order chi connectivity index (χ1) is 20.2. The number of rotatable bonds is 8. The van der Waals surface area contributed by atoms with Crippen molar-refractivity contribution in [1.29, 1.82) is 0 Å². The van der Waals surface area contributed by atoms with Crippen LogP contribution in [0.1, 0.15) is 23.1 Å². The van der Waals surface area contributed by atoms with Gasteiger partial charge in [-0.25, -0.2) is 23.6 Å². The number of aromatic hydroxyl groups is 1. The maximum absolute atomic E-state index is 13.9. The fraction of sp³-hybridized carbons (Fsp3) is 0.323. The molecule has 9 nitrogen and oxygen atoms in total. The van der Waals surface area contributed by atoms with Crippen molar-refractivity contribution in [2.45, 2.75) is 38.0 Å². The van der Waals surface area contributed by atoms with E-state index in [-0.39, 0.29) is 55.3 Å². The number of hydrogen-bond donors (Lipinski definition) is 2. The Morgan fingerprint density at radius 1 is 0.905 bits per heavy atom. The molecule has 2 aliphatic heterocycles. The second-order valence-electron chi connectivity index (χ2n) is 10.6. The molecule has 3 aromatic carbocycles. The summed E-state index contributed by atoms with van der Waals surface area (Å²) in [5.74, 6) is -1.09. The fourth-order valence-electron chi connectivity index (χ4n) is 5.55. The number of halogens is 2. The molecule has 0 bridgehead atoms. The molecule has 2 heterocycles. The van der Waals surface area contributed by atoms with Gasteiger partial charge < -0.3 is 20.2 Å².